The zero-order valence-electron chi connectivity index (χ0n) is 12.1. The van der Waals surface area contributed by atoms with Crippen LogP contribution in [0.5, 0.6) is 0 Å². The molecule has 0 saturated carbocycles. The van der Waals surface area contributed by atoms with E-state index in [1.165, 1.54) is 19.6 Å². The number of aliphatic hydroxyl groups is 3. The summed E-state index contributed by atoms with van der Waals surface area (Å²) in [4.78, 5) is 12.5. The van der Waals surface area contributed by atoms with Gasteiger partial charge in [0.25, 0.3) is 0 Å². The summed E-state index contributed by atoms with van der Waals surface area (Å²) in [7, 11) is 1.73. The molecule has 3 rings (SSSR count). The predicted octanol–water partition coefficient (Wildman–Crippen LogP) is 0.864. The number of allylic oxidation sites excluding steroid dienone is 1. The maximum absolute atomic E-state index is 10.2. The van der Waals surface area contributed by atoms with Gasteiger partial charge in [-0.05, 0) is 6.92 Å². The van der Waals surface area contributed by atoms with Crippen molar-refractivity contribution in [2.45, 2.75) is 31.8 Å². The molecule has 118 valence electrons. The predicted molar refractivity (Wildman–Crippen MR) is 77.4 cm³/mol. The Morgan fingerprint density at radius 3 is 2.82 bits per heavy atom. The zero-order valence-corrected chi connectivity index (χ0v) is 12.1. The smallest absolute Gasteiger partial charge is 0.167 e. The van der Waals surface area contributed by atoms with Gasteiger partial charge in [0.2, 0.25) is 0 Å². The second kappa shape index (κ2) is 5.43. The van der Waals surface area contributed by atoms with Crippen molar-refractivity contribution in [3.63, 3.8) is 0 Å². The zero-order chi connectivity index (χ0) is 15.9. The van der Waals surface area contributed by atoms with E-state index in [1.54, 1.807) is 11.6 Å². The molecule has 9 nitrogen and oxygen atoms in total. The van der Waals surface area contributed by atoms with E-state index in [4.69, 9.17) is 4.74 Å². The van der Waals surface area contributed by atoms with Gasteiger partial charge in [0, 0.05) is 13.5 Å². The number of aliphatic hydroxyl groups excluding tert-OH is 3. The highest BCUT2D eigenvalue weighted by molar-refractivity contribution is 5.82. The number of aromatic nitrogens is 4. The summed E-state index contributed by atoms with van der Waals surface area (Å²) >= 11 is 0. The summed E-state index contributed by atoms with van der Waals surface area (Å²) in [6, 6.07) is 0. The largest absolute Gasteiger partial charge is 0.509 e. The van der Waals surface area contributed by atoms with E-state index in [2.05, 4.69) is 20.3 Å². The third kappa shape index (κ3) is 2.24. The average Bonchev–Trinajstić information content (AvgIpc) is 3.09. The maximum atomic E-state index is 10.2. The molecule has 0 amide bonds. The number of anilines is 1. The normalized spacial score (nSPS) is 26.2. The third-order valence-electron chi connectivity index (χ3n) is 3.63. The van der Waals surface area contributed by atoms with Crippen LogP contribution in [-0.2, 0) is 4.74 Å². The van der Waals surface area contributed by atoms with Crippen molar-refractivity contribution in [2.75, 3.05) is 12.4 Å². The first-order chi connectivity index (χ1) is 10.5. The Labute approximate surface area is 125 Å². The van der Waals surface area contributed by atoms with Crippen molar-refractivity contribution < 1.29 is 20.1 Å². The van der Waals surface area contributed by atoms with Gasteiger partial charge in [0.05, 0.1) is 6.33 Å². The molecule has 2 unspecified atom stereocenters. The Hall–Kier alpha value is -2.39. The van der Waals surface area contributed by atoms with Gasteiger partial charge in [-0.2, -0.15) is 0 Å². The van der Waals surface area contributed by atoms with Gasteiger partial charge < -0.3 is 25.4 Å². The lowest BCUT2D eigenvalue weighted by atomic mass is 10.1. The molecular formula is C13H17N5O4. The van der Waals surface area contributed by atoms with Crippen LogP contribution in [0.2, 0.25) is 0 Å². The fraction of sp³-hybridized carbons (Fsp3) is 0.462. The molecule has 0 aromatic carbocycles. The molecule has 3 atom stereocenters. The standard InChI is InChI=1S/C13H17N5O4/c1-6(19)10(21)8-3-7(20)13(22-8)18-5-17-9-11(14-2)15-4-16-12(9)18/h4-5,7-8,13,19-21H,3H2,1-2H3,(H,14,15,16)/b10-6+/t7-,8?,13?/m1/s1. The molecule has 9 heteroatoms. The Bertz CT molecular complexity index is 724. The van der Waals surface area contributed by atoms with E-state index < -0.39 is 18.4 Å². The molecule has 0 bridgehead atoms. The molecule has 0 spiro atoms. The Kier molecular flexibility index (Phi) is 3.59. The van der Waals surface area contributed by atoms with Crippen molar-refractivity contribution in [2.24, 2.45) is 0 Å². The third-order valence-corrected chi connectivity index (χ3v) is 3.63. The Balaban J connectivity index is 1.97. The monoisotopic (exact) mass is 307 g/mol. The minimum atomic E-state index is -0.864. The first-order valence-corrected chi connectivity index (χ1v) is 6.80. The molecule has 3 heterocycles. The summed E-state index contributed by atoms with van der Waals surface area (Å²) in [5.41, 5.74) is 1.07. The summed E-state index contributed by atoms with van der Waals surface area (Å²) < 4.78 is 7.23. The molecule has 0 radical (unpaired) electrons. The lowest BCUT2D eigenvalue weighted by Gasteiger charge is -2.16. The molecule has 2 aromatic heterocycles. The fourth-order valence-electron chi connectivity index (χ4n) is 2.53. The summed E-state index contributed by atoms with van der Waals surface area (Å²) in [6.07, 6.45) is 0.669. The first-order valence-electron chi connectivity index (χ1n) is 6.80. The maximum Gasteiger partial charge on any atom is 0.167 e. The molecule has 1 saturated heterocycles. The molecule has 2 aromatic rings. The number of fused-ring (bicyclic) bond motifs is 1. The molecule has 1 fully saturated rings. The van der Waals surface area contributed by atoms with Crippen LogP contribution in [0.15, 0.2) is 24.2 Å². The number of nitrogens with one attached hydrogen (secondary N) is 1. The van der Waals surface area contributed by atoms with E-state index in [0.29, 0.717) is 17.0 Å². The van der Waals surface area contributed by atoms with Crippen LogP contribution in [0.4, 0.5) is 5.82 Å². The molecule has 22 heavy (non-hydrogen) atoms. The number of rotatable bonds is 3. The minimum Gasteiger partial charge on any atom is -0.509 e. The van der Waals surface area contributed by atoms with E-state index in [-0.39, 0.29) is 17.9 Å². The van der Waals surface area contributed by atoms with Crippen LogP contribution in [0.1, 0.15) is 19.6 Å². The highest BCUT2D eigenvalue weighted by atomic mass is 16.5. The SMILES string of the molecule is CNc1ncnc2c1ncn2C1OC(/C(O)=C(/C)O)C[C@H]1O. The average molecular weight is 307 g/mol. The van der Waals surface area contributed by atoms with Crippen molar-refractivity contribution in [1.82, 2.24) is 19.5 Å². The van der Waals surface area contributed by atoms with Gasteiger partial charge in [0.15, 0.2) is 23.5 Å². The summed E-state index contributed by atoms with van der Waals surface area (Å²) in [6.45, 7) is 1.36. The van der Waals surface area contributed by atoms with E-state index >= 15 is 0 Å². The fourth-order valence-corrected chi connectivity index (χ4v) is 2.53. The number of imidazole rings is 1. The van der Waals surface area contributed by atoms with Crippen LogP contribution in [-0.4, -0.2) is 54.1 Å². The minimum absolute atomic E-state index is 0.165. The van der Waals surface area contributed by atoms with Crippen molar-refractivity contribution in [3.05, 3.63) is 24.2 Å². The highest BCUT2D eigenvalue weighted by Gasteiger charge is 2.39. The van der Waals surface area contributed by atoms with Gasteiger partial charge in [-0.25, -0.2) is 15.0 Å². The highest BCUT2D eigenvalue weighted by Crippen LogP contribution is 2.34. The number of hydrogen-bond acceptors (Lipinski definition) is 8. The van der Waals surface area contributed by atoms with E-state index in [1.807, 2.05) is 0 Å². The van der Waals surface area contributed by atoms with Gasteiger partial charge >= 0.3 is 0 Å². The van der Waals surface area contributed by atoms with Crippen LogP contribution in [0, 0.1) is 0 Å². The van der Waals surface area contributed by atoms with Crippen molar-refractivity contribution in [1.29, 1.82) is 0 Å². The quantitative estimate of drug-likeness (QED) is 0.615. The van der Waals surface area contributed by atoms with Crippen molar-refractivity contribution in [3.8, 4) is 0 Å². The van der Waals surface area contributed by atoms with Crippen LogP contribution < -0.4 is 5.32 Å². The molecule has 1 aliphatic heterocycles. The van der Waals surface area contributed by atoms with Crippen molar-refractivity contribution >= 4 is 17.0 Å². The summed E-state index contributed by atoms with van der Waals surface area (Å²) in [5, 5.41) is 32.2. The lowest BCUT2D eigenvalue weighted by Crippen LogP contribution is -2.19. The number of ether oxygens (including phenoxy) is 1. The van der Waals surface area contributed by atoms with Crippen LogP contribution in [0.25, 0.3) is 11.2 Å². The van der Waals surface area contributed by atoms with Crippen LogP contribution in [0.3, 0.4) is 0 Å². The van der Waals surface area contributed by atoms with E-state index in [0.717, 1.165) is 0 Å². The van der Waals surface area contributed by atoms with Crippen LogP contribution >= 0.6 is 0 Å². The Morgan fingerprint density at radius 2 is 2.14 bits per heavy atom. The lowest BCUT2D eigenvalue weighted by molar-refractivity contribution is -0.0357. The molecular weight excluding hydrogens is 290 g/mol. The number of nitrogens with zero attached hydrogens (tertiary/aromatic N) is 4. The van der Waals surface area contributed by atoms with E-state index in [9.17, 15) is 15.3 Å². The molecule has 0 aliphatic carbocycles. The second-order valence-electron chi connectivity index (χ2n) is 5.09. The molecule has 4 N–H and O–H groups in total. The van der Waals surface area contributed by atoms with Gasteiger partial charge in [-0.15, -0.1) is 0 Å². The van der Waals surface area contributed by atoms with Gasteiger partial charge in [0.1, 0.15) is 29.8 Å². The van der Waals surface area contributed by atoms with Gasteiger partial charge in [-0.1, -0.05) is 0 Å². The van der Waals surface area contributed by atoms with Gasteiger partial charge in [-0.3, -0.25) is 4.57 Å². The Morgan fingerprint density at radius 1 is 1.36 bits per heavy atom. The molecule has 1 aliphatic rings. The summed E-state index contributed by atoms with van der Waals surface area (Å²) in [5.74, 6) is 0.0615. The first kappa shape index (κ1) is 14.5. The number of hydrogen-bond donors (Lipinski definition) is 4. The topological polar surface area (TPSA) is 126 Å². The second-order valence-corrected chi connectivity index (χ2v) is 5.09.